The first-order chi connectivity index (χ1) is 26.1. The Morgan fingerprint density at radius 2 is 0.516 bits per heavy atom. The maximum atomic E-state index is 14.9. The van der Waals surface area contributed by atoms with Crippen molar-refractivity contribution < 1.29 is 172 Å². The number of alkyl halides is 37. The molecule has 1 saturated carbocycles. The van der Waals surface area contributed by atoms with E-state index < -0.39 is 124 Å². The SMILES string of the molecule is C=C(C)C(=O)OC(F)(F)C(F)(F)C(F)(F)C(F)(F)C(F)(F)C(F)(F)C(F)(F)C(F)(F)C(F)(F)C(F)(F)C(F)(F)C(F)(F)C1(F)C(F)(F)C(F)(F)C(F)(F)C(F)(F)C(F)(F)C1(F)F. The van der Waals surface area contributed by atoms with Crippen LogP contribution in [0, 0.1) is 0 Å². The third kappa shape index (κ3) is 5.62. The molecule has 0 bridgehead atoms. The quantitative estimate of drug-likeness (QED) is 0.0750. The zero-order valence-corrected chi connectivity index (χ0v) is 27.0. The highest BCUT2D eigenvalue weighted by Crippen LogP contribution is 2.76. The van der Waals surface area contributed by atoms with E-state index in [0.29, 0.717) is 0 Å². The molecule has 2 nitrogen and oxygen atoms in total. The van der Waals surface area contributed by atoms with Crippen molar-refractivity contribution in [2.45, 2.75) is 119 Å². The standard InChI is InChI=1S/C23H5F37O2/c1-3(2)4(61)62-23(59,60)22(57,58)21(55,56)20(53,54)19(51,52)18(49,50)17(47,48)16(45,46)15(43,44)14(41,42)11(35,36)8(29,30)5(24)6(25,26)9(31,32)12(37,38)13(39,40)10(33,34)7(5,27)28/h1H2,2H3. The van der Waals surface area contributed by atoms with Crippen LogP contribution in [0.4, 0.5) is 162 Å². The van der Waals surface area contributed by atoms with E-state index in [0.717, 1.165) is 0 Å². The fraction of sp³-hybridized carbons (Fsp3) is 0.870. The Bertz CT molecular complexity index is 1730. The van der Waals surface area contributed by atoms with Gasteiger partial charge in [-0.05, 0) is 6.92 Å². The van der Waals surface area contributed by atoms with E-state index in [1.165, 1.54) is 0 Å². The van der Waals surface area contributed by atoms with Crippen LogP contribution in [0.25, 0.3) is 0 Å². The molecule has 39 heteroatoms. The highest BCUT2D eigenvalue weighted by molar-refractivity contribution is 5.87. The number of carbonyl (C=O) groups is 1. The molecule has 0 heterocycles. The topological polar surface area (TPSA) is 26.3 Å². The van der Waals surface area contributed by atoms with Gasteiger partial charge in [0.15, 0.2) is 0 Å². The van der Waals surface area contributed by atoms with E-state index in [1.807, 2.05) is 0 Å². The van der Waals surface area contributed by atoms with E-state index >= 15 is 0 Å². The van der Waals surface area contributed by atoms with Gasteiger partial charge < -0.3 is 4.74 Å². The first kappa shape index (κ1) is 56.6. The molecular formula is C23H5F37O2. The zero-order valence-electron chi connectivity index (χ0n) is 27.0. The van der Waals surface area contributed by atoms with E-state index in [9.17, 15) is 167 Å². The maximum absolute atomic E-state index is 14.9. The van der Waals surface area contributed by atoms with Crippen LogP contribution in [0.1, 0.15) is 6.92 Å². The summed E-state index contributed by atoms with van der Waals surface area (Å²) < 4.78 is 520. The van der Waals surface area contributed by atoms with E-state index in [-0.39, 0.29) is 6.92 Å². The van der Waals surface area contributed by atoms with Gasteiger partial charge in [0, 0.05) is 5.57 Å². The van der Waals surface area contributed by atoms with Crippen LogP contribution in [-0.2, 0) is 9.53 Å². The molecule has 0 aromatic rings. The first-order valence-electron chi connectivity index (χ1n) is 13.5. The van der Waals surface area contributed by atoms with Gasteiger partial charge in [-0.2, -0.15) is 158 Å². The summed E-state index contributed by atoms with van der Waals surface area (Å²) in [6, 6.07) is 0. The van der Waals surface area contributed by atoms with Crippen LogP contribution in [0.15, 0.2) is 12.2 Å². The van der Waals surface area contributed by atoms with Crippen LogP contribution < -0.4 is 0 Å². The summed E-state index contributed by atoms with van der Waals surface area (Å²) in [6.07, 6.45) is -7.90. The average Bonchev–Trinajstić information content (AvgIpc) is 3.05. The molecule has 0 N–H and O–H groups in total. The van der Waals surface area contributed by atoms with E-state index in [4.69, 9.17) is 0 Å². The monoisotopic (exact) mass is 1020 g/mol. The molecule has 1 aliphatic carbocycles. The number of carbonyl (C=O) groups excluding carboxylic acids is 1. The number of esters is 1. The molecule has 368 valence electrons. The molecule has 1 rings (SSSR count). The number of ether oxygens (including phenoxy) is 1. The van der Waals surface area contributed by atoms with Crippen molar-refractivity contribution in [3.63, 3.8) is 0 Å². The summed E-state index contributed by atoms with van der Waals surface area (Å²) in [4.78, 5) is 10.9. The molecule has 1 aliphatic rings. The Kier molecular flexibility index (Phi) is 12.2. The molecule has 0 atom stereocenters. The minimum atomic E-state index is -10.8. The Balaban J connectivity index is 4.33. The maximum Gasteiger partial charge on any atom is 0.473 e. The predicted octanol–water partition coefficient (Wildman–Crippen LogP) is 12.2. The molecule has 1 fully saturated rings. The van der Waals surface area contributed by atoms with Crippen LogP contribution in [-0.4, -0.2) is 118 Å². The summed E-state index contributed by atoms with van der Waals surface area (Å²) in [7, 11) is 0. The summed E-state index contributed by atoms with van der Waals surface area (Å²) in [5, 5.41) is 0. The molecule has 0 spiro atoms. The largest absolute Gasteiger partial charge is 0.473 e. The lowest BCUT2D eigenvalue weighted by Crippen LogP contribution is -2.83. The fourth-order valence-electron chi connectivity index (χ4n) is 4.25. The number of hydrogen-bond acceptors (Lipinski definition) is 2. The van der Waals surface area contributed by atoms with Gasteiger partial charge in [-0.1, -0.05) is 6.58 Å². The number of rotatable bonds is 14. The molecule has 0 aromatic carbocycles. The van der Waals surface area contributed by atoms with Gasteiger partial charge in [0.1, 0.15) is 0 Å². The second kappa shape index (κ2) is 13.4. The van der Waals surface area contributed by atoms with Gasteiger partial charge >= 0.3 is 118 Å². The highest BCUT2D eigenvalue weighted by atomic mass is 19.4. The van der Waals surface area contributed by atoms with Crippen molar-refractivity contribution >= 4 is 5.97 Å². The van der Waals surface area contributed by atoms with Crippen molar-refractivity contribution in [2.75, 3.05) is 0 Å². The highest BCUT2D eigenvalue weighted by Gasteiger charge is 3.09. The smallest absolute Gasteiger partial charge is 0.393 e. The van der Waals surface area contributed by atoms with Gasteiger partial charge in [-0.15, -0.1) is 0 Å². The fourth-order valence-corrected chi connectivity index (χ4v) is 4.25. The van der Waals surface area contributed by atoms with Crippen molar-refractivity contribution in [2.24, 2.45) is 0 Å². The second-order valence-corrected chi connectivity index (χ2v) is 12.1. The minimum absolute atomic E-state index is 0.0489. The molecule has 0 unspecified atom stereocenters. The molecule has 0 aromatic heterocycles. The normalized spacial score (nSPS) is 22.7. The lowest BCUT2D eigenvalue weighted by molar-refractivity contribution is -0.493. The lowest BCUT2D eigenvalue weighted by Gasteiger charge is -2.49. The Morgan fingerprint density at radius 3 is 0.726 bits per heavy atom. The zero-order chi connectivity index (χ0) is 51.4. The van der Waals surface area contributed by atoms with Crippen LogP contribution >= 0.6 is 0 Å². The van der Waals surface area contributed by atoms with Crippen LogP contribution in [0.3, 0.4) is 0 Å². The summed E-state index contributed by atoms with van der Waals surface area (Å²) in [5.41, 5.74) is -12.4. The van der Waals surface area contributed by atoms with Crippen LogP contribution in [0.2, 0.25) is 0 Å². The van der Waals surface area contributed by atoms with Crippen molar-refractivity contribution in [1.29, 1.82) is 0 Å². The van der Waals surface area contributed by atoms with E-state index in [1.54, 1.807) is 0 Å². The van der Waals surface area contributed by atoms with Gasteiger partial charge in [0.2, 0.25) is 0 Å². The lowest BCUT2D eigenvalue weighted by atomic mass is 9.75. The Morgan fingerprint density at radius 1 is 0.339 bits per heavy atom. The van der Waals surface area contributed by atoms with Crippen molar-refractivity contribution in [3.8, 4) is 0 Å². The third-order valence-electron chi connectivity index (χ3n) is 8.15. The minimum Gasteiger partial charge on any atom is -0.393 e. The van der Waals surface area contributed by atoms with Gasteiger partial charge in [0.25, 0.3) is 0 Å². The predicted molar refractivity (Wildman–Crippen MR) is 114 cm³/mol. The van der Waals surface area contributed by atoms with Gasteiger partial charge in [-0.25, -0.2) is 9.18 Å². The average molecular weight is 1020 g/mol. The molecule has 62 heavy (non-hydrogen) atoms. The van der Waals surface area contributed by atoms with Crippen molar-refractivity contribution in [3.05, 3.63) is 12.2 Å². The Hall–Kier alpha value is -3.38. The third-order valence-corrected chi connectivity index (χ3v) is 8.15. The molecule has 0 amide bonds. The van der Waals surface area contributed by atoms with Gasteiger partial charge in [0.05, 0.1) is 0 Å². The van der Waals surface area contributed by atoms with Crippen molar-refractivity contribution in [1.82, 2.24) is 0 Å². The van der Waals surface area contributed by atoms with Gasteiger partial charge in [-0.3, -0.25) is 0 Å². The second-order valence-electron chi connectivity index (χ2n) is 12.1. The molecule has 0 saturated heterocycles. The number of halogens is 37. The van der Waals surface area contributed by atoms with Crippen LogP contribution in [0.5, 0.6) is 0 Å². The summed E-state index contributed by atoms with van der Waals surface area (Å²) in [5.74, 6) is -174. The molecular weight excluding hydrogens is 1010 g/mol. The first-order valence-corrected chi connectivity index (χ1v) is 13.5. The number of hydrogen-bond donors (Lipinski definition) is 0. The Labute approximate surface area is 310 Å². The summed E-state index contributed by atoms with van der Waals surface area (Å²) in [6.45, 7) is 2.27. The summed E-state index contributed by atoms with van der Waals surface area (Å²) >= 11 is 0. The molecule has 0 radical (unpaired) electrons. The van der Waals surface area contributed by atoms with E-state index in [2.05, 4.69) is 11.3 Å². The molecule has 0 aliphatic heterocycles.